The van der Waals surface area contributed by atoms with Gasteiger partial charge in [0.25, 0.3) is 0 Å². The van der Waals surface area contributed by atoms with Crippen LogP contribution in [-0.4, -0.2) is 0 Å². The van der Waals surface area contributed by atoms with Gasteiger partial charge in [-0.25, -0.2) is 0 Å². The van der Waals surface area contributed by atoms with E-state index < -0.39 is 5.41 Å². The summed E-state index contributed by atoms with van der Waals surface area (Å²) in [5.41, 5.74) is 20.7. The molecule has 2 aliphatic rings. The van der Waals surface area contributed by atoms with E-state index in [9.17, 15) is 0 Å². The van der Waals surface area contributed by atoms with Crippen molar-refractivity contribution in [2.45, 2.75) is 5.41 Å². The van der Waals surface area contributed by atoms with Gasteiger partial charge in [0, 0.05) is 39.1 Å². The van der Waals surface area contributed by atoms with E-state index in [0.29, 0.717) is 5.02 Å². The van der Waals surface area contributed by atoms with E-state index in [1.54, 1.807) is 0 Å². The van der Waals surface area contributed by atoms with Crippen LogP contribution in [0.15, 0.2) is 249 Å². The molecule has 0 aliphatic heterocycles. The molecule has 0 bridgehead atoms. The minimum atomic E-state index is -0.432. The highest BCUT2D eigenvalue weighted by Crippen LogP contribution is 2.63. The summed E-state index contributed by atoms with van der Waals surface area (Å²) < 4.78 is 0. The normalized spacial score (nSPS) is 12.6. The molecule has 10 aromatic rings. The summed E-state index contributed by atoms with van der Waals surface area (Å²) in [5, 5.41) is 0.674. The third kappa shape index (κ3) is 6.02. The largest absolute Gasteiger partial charge is 0.310 e. The Labute approximate surface area is 379 Å². The average Bonchev–Trinajstić information content (AvgIpc) is 3.82. The summed E-state index contributed by atoms with van der Waals surface area (Å²) >= 11 is 6.92. The molecule has 10 aromatic carbocycles. The third-order valence-electron chi connectivity index (χ3n) is 13.1. The van der Waals surface area contributed by atoms with Crippen LogP contribution in [0.1, 0.15) is 22.3 Å². The molecule has 0 N–H and O–H groups in total. The molecule has 0 saturated heterocycles. The highest BCUT2D eigenvalue weighted by molar-refractivity contribution is 6.30. The molecule has 0 amide bonds. The summed E-state index contributed by atoms with van der Waals surface area (Å²) in [6.07, 6.45) is 0. The second-order valence-electron chi connectivity index (χ2n) is 16.6. The van der Waals surface area contributed by atoms with Crippen LogP contribution in [-0.2, 0) is 5.41 Å². The van der Waals surface area contributed by atoms with Crippen molar-refractivity contribution in [1.29, 1.82) is 0 Å². The van der Waals surface area contributed by atoms with Gasteiger partial charge in [0.1, 0.15) is 0 Å². The van der Waals surface area contributed by atoms with Gasteiger partial charge in [-0.1, -0.05) is 188 Å². The smallest absolute Gasteiger partial charge is 0.0725 e. The SMILES string of the molecule is Clc1cccc(N(c2cc(-c3ccccc3-c3ccccc3)cc(N(c3ccccc3)c3ccccc3)c2)c2ccc3c(c2)-c2ccccc2C32c3ccccc3-c3ccccc32)c1. The first kappa shape index (κ1) is 37.8. The van der Waals surface area contributed by atoms with Crippen LogP contribution in [0, 0.1) is 0 Å². The van der Waals surface area contributed by atoms with E-state index >= 15 is 0 Å². The maximum atomic E-state index is 6.92. The number of anilines is 6. The number of rotatable bonds is 8. The zero-order chi connectivity index (χ0) is 42.6. The van der Waals surface area contributed by atoms with Gasteiger partial charge in [-0.15, -0.1) is 0 Å². The highest BCUT2D eigenvalue weighted by atomic mass is 35.5. The number of benzene rings is 10. The Morgan fingerprint density at radius 1 is 0.250 bits per heavy atom. The molecule has 2 nitrogen and oxygen atoms in total. The average molecular weight is 837 g/mol. The highest BCUT2D eigenvalue weighted by Gasteiger charge is 2.51. The monoisotopic (exact) mass is 836 g/mol. The van der Waals surface area contributed by atoms with Gasteiger partial charge in [-0.2, -0.15) is 0 Å². The third-order valence-corrected chi connectivity index (χ3v) is 13.3. The second-order valence-corrected chi connectivity index (χ2v) is 17.0. The van der Waals surface area contributed by atoms with Gasteiger partial charge >= 0.3 is 0 Å². The molecule has 64 heavy (non-hydrogen) atoms. The van der Waals surface area contributed by atoms with E-state index in [4.69, 9.17) is 11.6 Å². The maximum Gasteiger partial charge on any atom is 0.0725 e. The number of nitrogens with zero attached hydrogens (tertiary/aromatic N) is 2. The molecule has 0 aromatic heterocycles. The van der Waals surface area contributed by atoms with Crippen molar-refractivity contribution in [3.63, 3.8) is 0 Å². The lowest BCUT2D eigenvalue weighted by molar-refractivity contribution is 0.794. The first-order valence-electron chi connectivity index (χ1n) is 21.9. The number of hydrogen-bond donors (Lipinski definition) is 0. The van der Waals surface area contributed by atoms with Crippen molar-refractivity contribution in [3.8, 4) is 44.5 Å². The molecule has 0 saturated carbocycles. The summed E-state index contributed by atoms with van der Waals surface area (Å²) in [6, 6.07) is 90.0. The summed E-state index contributed by atoms with van der Waals surface area (Å²) in [6.45, 7) is 0. The zero-order valence-electron chi connectivity index (χ0n) is 34.9. The predicted octanol–water partition coefficient (Wildman–Crippen LogP) is 17.0. The van der Waals surface area contributed by atoms with Gasteiger partial charge in [0.05, 0.1) is 5.41 Å². The Hall–Kier alpha value is -7.91. The molecule has 1 spiro atoms. The molecule has 302 valence electrons. The minimum absolute atomic E-state index is 0.432. The number of halogens is 1. The standard InChI is InChI=1S/C61H41ClN2/c62-44-21-18-26-47(39-44)64(48-35-36-60-56(41-48)55-31-14-17-34-59(55)61(60)57-32-15-12-29-53(57)54-30-13-16-33-58(54)61)50-38-43(52-28-11-10-27-51(52)42-19-4-1-5-20-42)37-49(40-50)63(45-22-6-2-7-23-45)46-24-8-3-9-25-46/h1-41H. The lowest BCUT2D eigenvalue weighted by atomic mass is 9.70. The quantitative estimate of drug-likeness (QED) is 0.150. The van der Waals surface area contributed by atoms with Gasteiger partial charge < -0.3 is 9.80 Å². The zero-order valence-corrected chi connectivity index (χ0v) is 35.7. The number of fused-ring (bicyclic) bond motifs is 10. The molecule has 0 atom stereocenters. The van der Waals surface area contributed by atoms with Crippen molar-refractivity contribution in [2.75, 3.05) is 9.80 Å². The van der Waals surface area contributed by atoms with Crippen molar-refractivity contribution in [1.82, 2.24) is 0 Å². The summed E-state index contributed by atoms with van der Waals surface area (Å²) in [4.78, 5) is 4.73. The van der Waals surface area contributed by atoms with Crippen molar-refractivity contribution in [3.05, 3.63) is 276 Å². The molecule has 0 heterocycles. The van der Waals surface area contributed by atoms with Crippen LogP contribution >= 0.6 is 11.6 Å². The van der Waals surface area contributed by atoms with Crippen LogP contribution in [0.4, 0.5) is 34.1 Å². The van der Waals surface area contributed by atoms with E-state index in [0.717, 1.165) is 45.3 Å². The molecule has 0 radical (unpaired) electrons. The first-order chi connectivity index (χ1) is 31.7. The Bertz CT molecular complexity index is 3280. The van der Waals surface area contributed by atoms with Crippen molar-refractivity contribution >= 4 is 45.7 Å². The van der Waals surface area contributed by atoms with E-state index in [1.807, 2.05) is 12.1 Å². The van der Waals surface area contributed by atoms with Gasteiger partial charge in [0.2, 0.25) is 0 Å². The molecular formula is C61H41ClN2. The fraction of sp³-hybridized carbons (Fsp3) is 0.0164. The molecule has 0 unspecified atom stereocenters. The Morgan fingerprint density at radius 2 is 0.656 bits per heavy atom. The van der Waals surface area contributed by atoms with E-state index in [-0.39, 0.29) is 0 Å². The fourth-order valence-electron chi connectivity index (χ4n) is 10.5. The number of hydrogen-bond acceptors (Lipinski definition) is 2. The Balaban J connectivity index is 1.13. The van der Waals surface area contributed by atoms with Crippen LogP contribution in [0.3, 0.4) is 0 Å². The minimum Gasteiger partial charge on any atom is -0.310 e. The predicted molar refractivity (Wildman–Crippen MR) is 268 cm³/mol. The Morgan fingerprint density at radius 3 is 1.20 bits per heavy atom. The first-order valence-corrected chi connectivity index (χ1v) is 22.2. The van der Waals surface area contributed by atoms with Gasteiger partial charge in [0.15, 0.2) is 0 Å². The number of para-hydroxylation sites is 2. The molecule has 3 heteroatoms. The molecular weight excluding hydrogens is 796 g/mol. The molecule has 2 aliphatic carbocycles. The maximum absolute atomic E-state index is 6.92. The second kappa shape index (κ2) is 15.5. The topological polar surface area (TPSA) is 6.48 Å². The van der Waals surface area contributed by atoms with Gasteiger partial charge in [-0.3, -0.25) is 0 Å². The van der Waals surface area contributed by atoms with Gasteiger partial charge in [-0.05, 0) is 140 Å². The fourth-order valence-corrected chi connectivity index (χ4v) is 10.7. The lowest BCUT2D eigenvalue weighted by Gasteiger charge is -2.32. The van der Waals surface area contributed by atoms with Crippen molar-refractivity contribution < 1.29 is 0 Å². The van der Waals surface area contributed by atoms with E-state index in [2.05, 4.69) is 246 Å². The Kier molecular flexibility index (Phi) is 9.14. The van der Waals surface area contributed by atoms with E-state index in [1.165, 1.54) is 55.6 Å². The van der Waals surface area contributed by atoms with Crippen LogP contribution < -0.4 is 9.80 Å². The summed E-state index contributed by atoms with van der Waals surface area (Å²) in [5.74, 6) is 0. The van der Waals surface area contributed by atoms with Crippen LogP contribution in [0.25, 0.3) is 44.5 Å². The van der Waals surface area contributed by atoms with Crippen LogP contribution in [0.5, 0.6) is 0 Å². The molecule has 0 fully saturated rings. The van der Waals surface area contributed by atoms with Crippen molar-refractivity contribution in [2.24, 2.45) is 0 Å². The lowest BCUT2D eigenvalue weighted by Crippen LogP contribution is -2.25. The van der Waals surface area contributed by atoms with Crippen LogP contribution in [0.2, 0.25) is 5.02 Å². The molecule has 12 rings (SSSR count). The summed E-state index contributed by atoms with van der Waals surface area (Å²) in [7, 11) is 0.